The summed E-state index contributed by atoms with van der Waals surface area (Å²) in [4.78, 5) is 13.6. The largest absolute Gasteiger partial charge is 0.464 e. The van der Waals surface area contributed by atoms with E-state index in [4.69, 9.17) is 4.42 Å². The molecule has 0 aliphatic heterocycles. The smallest absolute Gasteiger partial charge is 0.228 e. The number of anilines is 1. The van der Waals surface area contributed by atoms with Crippen molar-refractivity contribution in [3.63, 3.8) is 0 Å². The number of amides is 1. The number of carbonyl (C=O) groups is 1. The second kappa shape index (κ2) is 6.65. The fraction of sp³-hybridized carbons (Fsp3) is 0.0952. The highest BCUT2D eigenvalue weighted by Crippen LogP contribution is 2.30. The van der Waals surface area contributed by atoms with Gasteiger partial charge in [0.2, 0.25) is 5.91 Å². The van der Waals surface area contributed by atoms with Gasteiger partial charge in [-0.3, -0.25) is 4.79 Å². The van der Waals surface area contributed by atoms with E-state index in [1.165, 1.54) is 0 Å². The molecule has 124 valence electrons. The first-order valence-corrected chi connectivity index (χ1v) is 9.29. The summed E-state index contributed by atoms with van der Waals surface area (Å²) in [7, 11) is 0. The van der Waals surface area contributed by atoms with Crippen molar-refractivity contribution in [2.75, 3.05) is 11.6 Å². The highest BCUT2D eigenvalue weighted by atomic mass is 32.2. The minimum atomic E-state index is -0.0443. The van der Waals surface area contributed by atoms with Crippen molar-refractivity contribution < 1.29 is 9.21 Å². The van der Waals surface area contributed by atoms with E-state index in [1.807, 2.05) is 54.8 Å². The van der Waals surface area contributed by atoms with Crippen LogP contribution >= 0.6 is 11.8 Å². The lowest BCUT2D eigenvalue weighted by Crippen LogP contribution is -2.14. The van der Waals surface area contributed by atoms with Crippen LogP contribution in [0.25, 0.3) is 21.7 Å². The first-order chi connectivity index (χ1) is 12.3. The van der Waals surface area contributed by atoms with Crippen LogP contribution in [0.1, 0.15) is 5.56 Å². The predicted molar refractivity (Wildman–Crippen MR) is 104 cm³/mol. The highest BCUT2D eigenvalue weighted by Gasteiger charge is 2.14. The summed E-state index contributed by atoms with van der Waals surface area (Å²) in [5.41, 5.74) is 2.56. The molecule has 0 atom stereocenters. The molecule has 3 nitrogen and oxygen atoms in total. The number of rotatable bonds is 4. The Morgan fingerprint density at radius 2 is 1.84 bits per heavy atom. The molecule has 1 amide bonds. The molecule has 4 rings (SSSR count). The Hall–Kier alpha value is -2.72. The fourth-order valence-electron chi connectivity index (χ4n) is 3.12. The van der Waals surface area contributed by atoms with Crippen LogP contribution in [0.15, 0.2) is 76.2 Å². The number of benzene rings is 3. The number of nitrogens with one attached hydrogen (secondary N) is 1. The molecule has 0 bridgehead atoms. The van der Waals surface area contributed by atoms with E-state index in [1.54, 1.807) is 18.0 Å². The van der Waals surface area contributed by atoms with Crippen molar-refractivity contribution in [3.05, 3.63) is 72.5 Å². The summed E-state index contributed by atoms with van der Waals surface area (Å²) in [5, 5.41) is 6.29. The summed E-state index contributed by atoms with van der Waals surface area (Å²) < 4.78 is 5.67. The third kappa shape index (κ3) is 3.01. The van der Waals surface area contributed by atoms with Crippen molar-refractivity contribution in [1.82, 2.24) is 0 Å². The second-order valence-corrected chi connectivity index (χ2v) is 6.69. The third-order valence-corrected chi connectivity index (χ3v) is 5.07. The van der Waals surface area contributed by atoms with Crippen LogP contribution < -0.4 is 5.32 Å². The van der Waals surface area contributed by atoms with E-state index in [-0.39, 0.29) is 12.3 Å². The van der Waals surface area contributed by atoms with E-state index in [9.17, 15) is 4.79 Å². The van der Waals surface area contributed by atoms with Crippen LogP contribution in [0.3, 0.4) is 0 Å². The average molecular weight is 347 g/mol. The molecule has 0 spiro atoms. The van der Waals surface area contributed by atoms with Crippen LogP contribution in [0.5, 0.6) is 0 Å². The van der Waals surface area contributed by atoms with Gasteiger partial charge in [-0.1, -0.05) is 42.5 Å². The predicted octanol–water partition coefficient (Wildman–Crippen LogP) is 5.49. The molecule has 3 aromatic carbocycles. The second-order valence-electron chi connectivity index (χ2n) is 5.85. The van der Waals surface area contributed by atoms with Gasteiger partial charge in [0.25, 0.3) is 0 Å². The molecule has 0 saturated carbocycles. The number of furan rings is 1. The maximum atomic E-state index is 12.6. The van der Waals surface area contributed by atoms with Crippen LogP contribution in [0.2, 0.25) is 0 Å². The molecule has 0 aliphatic rings. The van der Waals surface area contributed by atoms with Crippen LogP contribution in [0, 0.1) is 0 Å². The SMILES string of the molecule is CSc1ccccc1NC(=O)Cc1coc2ccc3ccccc3c12. The summed E-state index contributed by atoms with van der Waals surface area (Å²) in [6.07, 6.45) is 3.97. The minimum absolute atomic E-state index is 0.0443. The minimum Gasteiger partial charge on any atom is -0.464 e. The molecule has 1 aromatic heterocycles. The molecular weight excluding hydrogens is 330 g/mol. The lowest BCUT2D eigenvalue weighted by atomic mass is 10.0. The lowest BCUT2D eigenvalue weighted by Gasteiger charge is -2.09. The van der Waals surface area contributed by atoms with Gasteiger partial charge in [-0.15, -0.1) is 11.8 Å². The fourth-order valence-corrected chi connectivity index (χ4v) is 3.67. The Morgan fingerprint density at radius 1 is 1.04 bits per heavy atom. The zero-order valence-corrected chi connectivity index (χ0v) is 14.6. The molecule has 4 heteroatoms. The maximum Gasteiger partial charge on any atom is 0.228 e. The van der Waals surface area contributed by atoms with Gasteiger partial charge >= 0.3 is 0 Å². The van der Waals surface area contributed by atoms with Crippen LogP contribution in [-0.2, 0) is 11.2 Å². The van der Waals surface area contributed by atoms with E-state index in [0.29, 0.717) is 0 Å². The van der Waals surface area contributed by atoms with E-state index >= 15 is 0 Å². The molecular formula is C21H17NO2S. The quantitative estimate of drug-likeness (QED) is 0.496. The third-order valence-electron chi connectivity index (χ3n) is 4.27. The summed E-state index contributed by atoms with van der Waals surface area (Å²) in [6.45, 7) is 0. The van der Waals surface area contributed by atoms with Gasteiger partial charge in [-0.2, -0.15) is 0 Å². The average Bonchev–Trinajstić information content (AvgIpc) is 3.05. The molecule has 0 fully saturated rings. The van der Waals surface area contributed by atoms with Gasteiger partial charge in [0, 0.05) is 15.8 Å². The van der Waals surface area contributed by atoms with Crippen molar-refractivity contribution in [2.45, 2.75) is 11.3 Å². The van der Waals surface area contributed by atoms with Gasteiger partial charge in [0.05, 0.1) is 18.4 Å². The molecule has 25 heavy (non-hydrogen) atoms. The Balaban J connectivity index is 1.66. The molecule has 4 aromatic rings. The summed E-state index contributed by atoms with van der Waals surface area (Å²) in [5.74, 6) is -0.0443. The summed E-state index contributed by atoms with van der Waals surface area (Å²) >= 11 is 1.62. The van der Waals surface area contributed by atoms with E-state index in [2.05, 4.69) is 17.4 Å². The van der Waals surface area contributed by atoms with E-state index < -0.39 is 0 Å². The monoisotopic (exact) mass is 347 g/mol. The van der Waals surface area contributed by atoms with Gasteiger partial charge in [-0.25, -0.2) is 0 Å². The number of hydrogen-bond donors (Lipinski definition) is 1. The summed E-state index contributed by atoms with van der Waals surface area (Å²) in [6, 6.07) is 20.0. The van der Waals surface area contributed by atoms with Crippen molar-refractivity contribution in [3.8, 4) is 0 Å². The number of hydrogen-bond acceptors (Lipinski definition) is 3. The van der Waals surface area contributed by atoms with Gasteiger partial charge in [-0.05, 0) is 35.2 Å². The Morgan fingerprint density at radius 3 is 2.72 bits per heavy atom. The zero-order chi connectivity index (χ0) is 17.2. The van der Waals surface area contributed by atoms with Crippen molar-refractivity contribution >= 4 is 45.1 Å². The molecule has 1 heterocycles. The van der Waals surface area contributed by atoms with E-state index in [0.717, 1.165) is 37.9 Å². The van der Waals surface area contributed by atoms with Gasteiger partial charge < -0.3 is 9.73 Å². The normalized spacial score (nSPS) is 11.1. The number of thioether (sulfide) groups is 1. The van der Waals surface area contributed by atoms with Crippen LogP contribution in [-0.4, -0.2) is 12.2 Å². The Kier molecular flexibility index (Phi) is 4.20. The maximum absolute atomic E-state index is 12.6. The first-order valence-electron chi connectivity index (χ1n) is 8.07. The number of fused-ring (bicyclic) bond motifs is 3. The van der Waals surface area contributed by atoms with Crippen LogP contribution in [0.4, 0.5) is 5.69 Å². The Bertz CT molecular complexity index is 1070. The van der Waals surface area contributed by atoms with Crippen molar-refractivity contribution in [1.29, 1.82) is 0 Å². The van der Waals surface area contributed by atoms with Gasteiger partial charge in [0.1, 0.15) is 5.58 Å². The lowest BCUT2D eigenvalue weighted by molar-refractivity contribution is -0.115. The van der Waals surface area contributed by atoms with Gasteiger partial charge in [0.15, 0.2) is 0 Å². The standard InChI is InChI=1S/C21H17NO2S/c1-25-19-9-5-4-8-17(19)22-20(23)12-15-13-24-18-11-10-14-6-2-3-7-16(14)21(15)18/h2-11,13H,12H2,1H3,(H,22,23). The zero-order valence-electron chi connectivity index (χ0n) is 13.8. The Labute approximate surface area is 150 Å². The number of carbonyl (C=O) groups excluding carboxylic acids is 1. The molecule has 1 N–H and O–H groups in total. The molecule has 0 saturated heterocycles. The number of para-hydroxylation sites is 1. The molecule has 0 radical (unpaired) electrons. The molecule has 0 unspecified atom stereocenters. The molecule has 0 aliphatic carbocycles. The topological polar surface area (TPSA) is 42.2 Å². The van der Waals surface area contributed by atoms with Crippen molar-refractivity contribution in [2.24, 2.45) is 0 Å². The highest BCUT2D eigenvalue weighted by molar-refractivity contribution is 7.98. The first kappa shape index (κ1) is 15.8.